The molecule has 3 atom stereocenters. The highest BCUT2D eigenvalue weighted by molar-refractivity contribution is 4.69. The normalized spacial score (nSPS) is 19.4. The maximum atomic E-state index is 9.72. The predicted octanol–water partition coefficient (Wildman–Crippen LogP) is 2.83. The van der Waals surface area contributed by atoms with Gasteiger partial charge in [0.2, 0.25) is 0 Å². The van der Waals surface area contributed by atoms with E-state index in [1.54, 1.807) is 0 Å². The molecule has 0 amide bonds. The predicted molar refractivity (Wildman–Crippen MR) is 49.5 cm³/mol. The largest absolute Gasteiger partial charge is 0.393 e. The first kappa shape index (κ1) is 11.0. The second-order valence-electron chi connectivity index (χ2n) is 3.64. The van der Waals surface area contributed by atoms with Crippen LogP contribution in [0.2, 0.25) is 0 Å². The van der Waals surface area contributed by atoms with Crippen LogP contribution in [-0.4, -0.2) is 11.2 Å². The lowest BCUT2D eigenvalue weighted by Gasteiger charge is -2.23. The van der Waals surface area contributed by atoms with E-state index in [0.29, 0.717) is 11.8 Å². The Bertz CT molecular complexity index is 90.9. The van der Waals surface area contributed by atoms with Crippen molar-refractivity contribution in [2.45, 2.75) is 53.1 Å². The molecule has 0 radical (unpaired) electrons. The molecule has 0 aliphatic heterocycles. The lowest BCUT2D eigenvalue weighted by molar-refractivity contribution is 0.0593. The minimum absolute atomic E-state index is 0.0973. The highest BCUT2D eigenvalue weighted by Crippen LogP contribution is 2.19. The molecule has 0 aliphatic rings. The SMILES string of the molecule is CCCC(C)C(O)C(C)CC. The first-order valence-electron chi connectivity index (χ1n) is 4.81. The minimum Gasteiger partial charge on any atom is -0.393 e. The maximum Gasteiger partial charge on any atom is 0.0591 e. The van der Waals surface area contributed by atoms with Gasteiger partial charge in [0.1, 0.15) is 0 Å². The molecule has 0 aromatic rings. The molecule has 11 heavy (non-hydrogen) atoms. The molecular weight excluding hydrogens is 136 g/mol. The lowest BCUT2D eigenvalue weighted by Crippen LogP contribution is -2.24. The number of aliphatic hydroxyl groups is 1. The van der Waals surface area contributed by atoms with Crippen molar-refractivity contribution in [2.75, 3.05) is 0 Å². The van der Waals surface area contributed by atoms with E-state index in [1.807, 2.05) is 0 Å². The molecule has 0 aliphatic carbocycles. The van der Waals surface area contributed by atoms with Crippen molar-refractivity contribution in [3.05, 3.63) is 0 Å². The number of aliphatic hydroxyl groups excluding tert-OH is 1. The van der Waals surface area contributed by atoms with Crippen LogP contribution < -0.4 is 0 Å². The summed E-state index contributed by atoms with van der Waals surface area (Å²) in [5, 5.41) is 9.72. The Balaban J connectivity index is 3.70. The van der Waals surface area contributed by atoms with Crippen LogP contribution in [0.4, 0.5) is 0 Å². The molecule has 0 saturated heterocycles. The van der Waals surface area contributed by atoms with E-state index in [0.717, 1.165) is 12.8 Å². The van der Waals surface area contributed by atoms with E-state index in [9.17, 15) is 5.11 Å². The first-order chi connectivity index (χ1) is 5.13. The Kier molecular flexibility index (Phi) is 5.57. The topological polar surface area (TPSA) is 20.2 Å². The third-order valence-electron chi connectivity index (χ3n) is 2.55. The molecule has 68 valence electrons. The van der Waals surface area contributed by atoms with Crippen LogP contribution in [0.1, 0.15) is 47.0 Å². The second-order valence-corrected chi connectivity index (χ2v) is 3.64. The van der Waals surface area contributed by atoms with Gasteiger partial charge in [0.05, 0.1) is 6.10 Å². The summed E-state index contributed by atoms with van der Waals surface area (Å²) < 4.78 is 0. The summed E-state index contributed by atoms with van der Waals surface area (Å²) in [7, 11) is 0. The summed E-state index contributed by atoms with van der Waals surface area (Å²) in [5.74, 6) is 0.923. The van der Waals surface area contributed by atoms with E-state index in [-0.39, 0.29) is 6.10 Å². The zero-order valence-electron chi connectivity index (χ0n) is 8.30. The molecule has 0 heterocycles. The molecule has 1 heteroatoms. The van der Waals surface area contributed by atoms with Gasteiger partial charge < -0.3 is 5.11 Å². The summed E-state index contributed by atoms with van der Waals surface area (Å²) in [6.45, 7) is 8.56. The highest BCUT2D eigenvalue weighted by Gasteiger charge is 2.18. The second kappa shape index (κ2) is 5.59. The summed E-state index contributed by atoms with van der Waals surface area (Å²) >= 11 is 0. The van der Waals surface area contributed by atoms with Crippen molar-refractivity contribution in [3.8, 4) is 0 Å². The third kappa shape index (κ3) is 3.76. The van der Waals surface area contributed by atoms with E-state index < -0.39 is 0 Å². The van der Waals surface area contributed by atoms with Crippen molar-refractivity contribution in [3.63, 3.8) is 0 Å². The summed E-state index contributed by atoms with van der Waals surface area (Å²) in [6.07, 6.45) is 3.30. The molecule has 0 aromatic carbocycles. The summed E-state index contributed by atoms with van der Waals surface area (Å²) in [6, 6.07) is 0. The molecule has 1 nitrogen and oxygen atoms in total. The molecule has 1 N–H and O–H groups in total. The standard InChI is InChI=1S/C10H22O/c1-5-7-9(4)10(11)8(3)6-2/h8-11H,5-7H2,1-4H3. The van der Waals surface area contributed by atoms with Gasteiger partial charge in [0, 0.05) is 0 Å². The van der Waals surface area contributed by atoms with Crippen molar-refractivity contribution in [2.24, 2.45) is 11.8 Å². The van der Waals surface area contributed by atoms with Gasteiger partial charge in [0.15, 0.2) is 0 Å². The number of rotatable bonds is 5. The van der Waals surface area contributed by atoms with Gasteiger partial charge in [-0.05, 0) is 18.3 Å². The van der Waals surface area contributed by atoms with Crippen molar-refractivity contribution < 1.29 is 5.11 Å². The third-order valence-corrected chi connectivity index (χ3v) is 2.55. The molecule has 0 fully saturated rings. The molecular formula is C10H22O. The van der Waals surface area contributed by atoms with Crippen LogP contribution in [0.25, 0.3) is 0 Å². The Hall–Kier alpha value is -0.0400. The van der Waals surface area contributed by atoms with Gasteiger partial charge >= 0.3 is 0 Å². The molecule has 0 bridgehead atoms. The molecule has 0 aromatic heterocycles. The maximum absolute atomic E-state index is 9.72. The number of hydrogen-bond acceptors (Lipinski definition) is 1. The van der Waals surface area contributed by atoms with E-state index in [4.69, 9.17) is 0 Å². The van der Waals surface area contributed by atoms with Gasteiger partial charge in [-0.25, -0.2) is 0 Å². The summed E-state index contributed by atoms with van der Waals surface area (Å²) in [5.41, 5.74) is 0. The van der Waals surface area contributed by atoms with Crippen LogP contribution in [0.5, 0.6) is 0 Å². The quantitative estimate of drug-likeness (QED) is 0.652. The Morgan fingerprint density at radius 1 is 1.09 bits per heavy atom. The first-order valence-corrected chi connectivity index (χ1v) is 4.81. The van der Waals surface area contributed by atoms with Gasteiger partial charge in [-0.3, -0.25) is 0 Å². The molecule has 3 unspecified atom stereocenters. The lowest BCUT2D eigenvalue weighted by atomic mass is 9.89. The van der Waals surface area contributed by atoms with Crippen molar-refractivity contribution in [1.29, 1.82) is 0 Å². The Morgan fingerprint density at radius 2 is 1.64 bits per heavy atom. The smallest absolute Gasteiger partial charge is 0.0591 e. The van der Waals surface area contributed by atoms with Crippen LogP contribution in [-0.2, 0) is 0 Å². The van der Waals surface area contributed by atoms with Crippen LogP contribution in [0, 0.1) is 11.8 Å². The van der Waals surface area contributed by atoms with E-state index >= 15 is 0 Å². The van der Waals surface area contributed by atoms with Crippen LogP contribution in [0.15, 0.2) is 0 Å². The zero-order valence-corrected chi connectivity index (χ0v) is 8.30. The van der Waals surface area contributed by atoms with E-state index in [2.05, 4.69) is 27.7 Å². The summed E-state index contributed by atoms with van der Waals surface area (Å²) in [4.78, 5) is 0. The fraction of sp³-hybridized carbons (Fsp3) is 1.00. The minimum atomic E-state index is -0.0973. The van der Waals surface area contributed by atoms with Gasteiger partial charge in [-0.2, -0.15) is 0 Å². The van der Waals surface area contributed by atoms with Gasteiger partial charge in [-0.15, -0.1) is 0 Å². The van der Waals surface area contributed by atoms with Crippen molar-refractivity contribution >= 4 is 0 Å². The molecule has 0 rings (SSSR count). The van der Waals surface area contributed by atoms with Crippen LogP contribution >= 0.6 is 0 Å². The van der Waals surface area contributed by atoms with Crippen molar-refractivity contribution in [1.82, 2.24) is 0 Å². The average molecular weight is 158 g/mol. The van der Waals surface area contributed by atoms with Gasteiger partial charge in [-0.1, -0.05) is 40.5 Å². The molecule has 0 saturated carbocycles. The monoisotopic (exact) mass is 158 g/mol. The van der Waals surface area contributed by atoms with Gasteiger partial charge in [0.25, 0.3) is 0 Å². The Morgan fingerprint density at radius 3 is 2.00 bits per heavy atom. The number of hydrogen-bond donors (Lipinski definition) is 1. The van der Waals surface area contributed by atoms with E-state index in [1.165, 1.54) is 6.42 Å². The molecule has 0 spiro atoms. The van der Waals surface area contributed by atoms with Crippen LogP contribution in [0.3, 0.4) is 0 Å². The highest BCUT2D eigenvalue weighted by atomic mass is 16.3. The fourth-order valence-electron chi connectivity index (χ4n) is 1.43. The fourth-order valence-corrected chi connectivity index (χ4v) is 1.43. The average Bonchev–Trinajstić information content (AvgIpc) is 2.02. The zero-order chi connectivity index (χ0) is 8.85. The Labute approximate surface area is 70.8 Å².